The highest BCUT2D eigenvalue weighted by Crippen LogP contribution is 2.19. The average Bonchev–Trinajstić information content (AvgIpc) is 2.90. The van der Waals surface area contributed by atoms with Crippen LogP contribution in [-0.2, 0) is 6.54 Å². The van der Waals surface area contributed by atoms with Crippen molar-refractivity contribution in [2.45, 2.75) is 13.5 Å². The summed E-state index contributed by atoms with van der Waals surface area (Å²) in [6, 6.07) is 16.4. The molecule has 0 saturated heterocycles. The first kappa shape index (κ1) is 12.5. The van der Waals surface area contributed by atoms with E-state index in [9.17, 15) is 0 Å². The predicted molar refractivity (Wildman–Crippen MR) is 82.4 cm³/mol. The van der Waals surface area contributed by atoms with Gasteiger partial charge in [-0.3, -0.25) is 0 Å². The molecule has 100 valence electrons. The summed E-state index contributed by atoms with van der Waals surface area (Å²) in [5.41, 5.74) is 10.1. The lowest BCUT2D eigenvalue weighted by atomic mass is 10.1. The Bertz CT molecular complexity index is 694. The van der Waals surface area contributed by atoms with Crippen molar-refractivity contribution in [3.63, 3.8) is 0 Å². The van der Waals surface area contributed by atoms with Crippen LogP contribution >= 0.6 is 0 Å². The Hall–Kier alpha value is -2.55. The van der Waals surface area contributed by atoms with E-state index in [-0.39, 0.29) is 0 Å². The average molecular weight is 263 g/mol. The van der Waals surface area contributed by atoms with Gasteiger partial charge >= 0.3 is 0 Å². The van der Waals surface area contributed by atoms with Gasteiger partial charge in [0.15, 0.2) is 0 Å². The van der Waals surface area contributed by atoms with E-state index in [0.29, 0.717) is 0 Å². The van der Waals surface area contributed by atoms with Crippen LogP contribution in [0.25, 0.3) is 11.4 Å². The summed E-state index contributed by atoms with van der Waals surface area (Å²) in [6.07, 6.45) is 3.85. The molecule has 0 aliphatic rings. The van der Waals surface area contributed by atoms with Crippen LogP contribution in [0.5, 0.6) is 0 Å². The molecule has 1 aromatic heterocycles. The first-order valence-corrected chi connectivity index (χ1v) is 6.65. The van der Waals surface area contributed by atoms with Crippen molar-refractivity contribution in [2.75, 3.05) is 5.73 Å². The fraction of sp³-hybridized carbons (Fsp3) is 0.118. The molecule has 3 nitrogen and oxygen atoms in total. The summed E-state index contributed by atoms with van der Waals surface area (Å²) in [7, 11) is 0. The van der Waals surface area contributed by atoms with Gasteiger partial charge in [-0.05, 0) is 24.6 Å². The summed E-state index contributed by atoms with van der Waals surface area (Å²) < 4.78 is 2.15. The molecule has 0 unspecified atom stereocenters. The van der Waals surface area contributed by atoms with Crippen LogP contribution in [0.2, 0.25) is 0 Å². The molecule has 2 N–H and O–H groups in total. The second kappa shape index (κ2) is 5.21. The minimum absolute atomic E-state index is 0.790. The molecule has 2 aromatic carbocycles. The van der Waals surface area contributed by atoms with E-state index in [2.05, 4.69) is 40.7 Å². The molecule has 0 aliphatic heterocycles. The van der Waals surface area contributed by atoms with Gasteiger partial charge < -0.3 is 10.3 Å². The van der Waals surface area contributed by atoms with Crippen LogP contribution in [-0.4, -0.2) is 9.55 Å². The highest BCUT2D eigenvalue weighted by molar-refractivity contribution is 5.56. The van der Waals surface area contributed by atoms with Gasteiger partial charge in [-0.25, -0.2) is 4.98 Å². The van der Waals surface area contributed by atoms with Gasteiger partial charge in [-0.1, -0.05) is 42.0 Å². The summed E-state index contributed by atoms with van der Waals surface area (Å²) >= 11 is 0. The zero-order valence-corrected chi connectivity index (χ0v) is 11.5. The Morgan fingerprint density at radius 3 is 2.40 bits per heavy atom. The maximum Gasteiger partial charge on any atom is 0.140 e. The molecule has 0 spiro atoms. The minimum Gasteiger partial charge on any atom is -0.399 e. The standard InChI is InChI=1S/C17H17N3/c1-13-2-6-15(7-3-13)17-19-10-11-20(17)12-14-4-8-16(18)9-5-14/h2-11H,12,18H2,1H3. The van der Waals surface area contributed by atoms with Crippen LogP contribution < -0.4 is 5.73 Å². The normalized spacial score (nSPS) is 10.7. The monoisotopic (exact) mass is 263 g/mol. The van der Waals surface area contributed by atoms with Crippen LogP contribution in [0.1, 0.15) is 11.1 Å². The van der Waals surface area contributed by atoms with Crippen molar-refractivity contribution in [1.29, 1.82) is 0 Å². The topological polar surface area (TPSA) is 43.8 Å². The molecule has 20 heavy (non-hydrogen) atoms. The van der Waals surface area contributed by atoms with Gasteiger partial charge in [-0.15, -0.1) is 0 Å². The molecule has 0 atom stereocenters. The highest BCUT2D eigenvalue weighted by atomic mass is 15.1. The number of rotatable bonds is 3. The van der Waals surface area contributed by atoms with Crippen LogP contribution in [0, 0.1) is 6.92 Å². The number of nitrogens with zero attached hydrogens (tertiary/aromatic N) is 2. The zero-order valence-electron chi connectivity index (χ0n) is 11.5. The molecule has 3 heteroatoms. The van der Waals surface area contributed by atoms with Gasteiger partial charge in [-0.2, -0.15) is 0 Å². The first-order chi connectivity index (χ1) is 9.72. The lowest BCUT2D eigenvalue weighted by Gasteiger charge is -2.08. The molecule has 3 aromatic rings. The Morgan fingerprint density at radius 2 is 1.70 bits per heavy atom. The van der Waals surface area contributed by atoms with Gasteiger partial charge in [0.05, 0.1) is 0 Å². The van der Waals surface area contributed by atoms with E-state index in [0.717, 1.165) is 23.6 Å². The Balaban J connectivity index is 1.90. The van der Waals surface area contributed by atoms with Crippen molar-refractivity contribution in [2.24, 2.45) is 0 Å². The SMILES string of the molecule is Cc1ccc(-c2nccn2Cc2ccc(N)cc2)cc1. The predicted octanol–water partition coefficient (Wildman–Crippen LogP) is 3.49. The number of benzene rings is 2. The molecule has 0 fully saturated rings. The van der Waals surface area contributed by atoms with Crippen LogP contribution in [0.4, 0.5) is 5.69 Å². The third kappa shape index (κ3) is 2.57. The lowest BCUT2D eigenvalue weighted by molar-refractivity contribution is 0.807. The molecule has 3 rings (SSSR count). The largest absolute Gasteiger partial charge is 0.399 e. The second-order valence-corrected chi connectivity index (χ2v) is 4.99. The maximum atomic E-state index is 5.72. The van der Waals surface area contributed by atoms with E-state index in [1.807, 2.05) is 36.7 Å². The van der Waals surface area contributed by atoms with Crippen molar-refractivity contribution < 1.29 is 0 Å². The Kier molecular flexibility index (Phi) is 3.25. The van der Waals surface area contributed by atoms with Crippen LogP contribution in [0.15, 0.2) is 60.9 Å². The molecular formula is C17H17N3. The molecular weight excluding hydrogens is 246 g/mol. The third-order valence-electron chi connectivity index (χ3n) is 3.36. The molecule has 1 heterocycles. The lowest BCUT2D eigenvalue weighted by Crippen LogP contribution is -2.01. The van der Waals surface area contributed by atoms with E-state index in [4.69, 9.17) is 5.73 Å². The summed E-state index contributed by atoms with van der Waals surface area (Å²) in [4.78, 5) is 4.47. The fourth-order valence-electron chi connectivity index (χ4n) is 2.22. The summed E-state index contributed by atoms with van der Waals surface area (Å²) in [6.45, 7) is 2.88. The van der Waals surface area contributed by atoms with E-state index < -0.39 is 0 Å². The Labute approximate surface area is 118 Å². The first-order valence-electron chi connectivity index (χ1n) is 6.65. The Morgan fingerprint density at radius 1 is 1.00 bits per heavy atom. The maximum absolute atomic E-state index is 5.72. The third-order valence-corrected chi connectivity index (χ3v) is 3.36. The number of aryl methyl sites for hydroxylation is 1. The van der Waals surface area contributed by atoms with E-state index >= 15 is 0 Å². The fourth-order valence-corrected chi connectivity index (χ4v) is 2.22. The number of nitrogens with two attached hydrogens (primary N) is 1. The molecule has 0 bridgehead atoms. The quantitative estimate of drug-likeness (QED) is 0.735. The van der Waals surface area contributed by atoms with Crippen molar-refractivity contribution in [1.82, 2.24) is 9.55 Å². The minimum atomic E-state index is 0.790. The number of hydrogen-bond acceptors (Lipinski definition) is 2. The van der Waals surface area contributed by atoms with Crippen molar-refractivity contribution in [3.8, 4) is 11.4 Å². The highest BCUT2D eigenvalue weighted by Gasteiger charge is 2.06. The molecule has 0 aliphatic carbocycles. The van der Waals surface area contributed by atoms with Gasteiger partial charge in [0.2, 0.25) is 0 Å². The molecule has 0 saturated carbocycles. The van der Waals surface area contributed by atoms with E-state index in [1.54, 1.807) is 0 Å². The zero-order chi connectivity index (χ0) is 13.9. The number of hydrogen-bond donors (Lipinski definition) is 1. The molecule has 0 amide bonds. The van der Waals surface area contributed by atoms with E-state index in [1.165, 1.54) is 11.1 Å². The van der Waals surface area contributed by atoms with Gasteiger partial charge in [0.25, 0.3) is 0 Å². The smallest absolute Gasteiger partial charge is 0.140 e. The summed E-state index contributed by atoms with van der Waals surface area (Å²) in [5.74, 6) is 0.988. The van der Waals surface area contributed by atoms with Gasteiger partial charge in [0, 0.05) is 30.2 Å². The van der Waals surface area contributed by atoms with Crippen LogP contribution in [0.3, 0.4) is 0 Å². The van der Waals surface area contributed by atoms with Gasteiger partial charge in [0.1, 0.15) is 5.82 Å². The van der Waals surface area contributed by atoms with Crippen molar-refractivity contribution >= 4 is 5.69 Å². The number of aromatic nitrogens is 2. The number of nitrogen functional groups attached to an aromatic ring is 1. The number of imidazole rings is 1. The summed E-state index contributed by atoms with van der Waals surface area (Å²) in [5, 5.41) is 0. The van der Waals surface area contributed by atoms with Crippen molar-refractivity contribution in [3.05, 3.63) is 72.1 Å². The number of anilines is 1. The molecule has 0 radical (unpaired) electrons. The second-order valence-electron chi connectivity index (χ2n) is 4.99.